The van der Waals surface area contributed by atoms with Gasteiger partial charge in [-0.25, -0.2) is 4.79 Å². The standard InChI is InChI=1S/C16H15N5O4S/c1-8-7-10(16(24)25)21-14(23)12(15(21)26-8)18-13(22)11(19-20-17)9-5-3-2-4-6-9/h2-8,11-12,15H,1H3,(H,18,22)(H,24,25)/t8?,11?,12?,15-/m1/s1. The maximum absolute atomic E-state index is 12.6. The minimum absolute atomic E-state index is 0.0774. The second kappa shape index (κ2) is 7.11. The molecule has 2 aliphatic heterocycles. The van der Waals surface area contributed by atoms with Gasteiger partial charge in [-0.15, -0.1) is 11.8 Å². The summed E-state index contributed by atoms with van der Waals surface area (Å²) in [5.41, 5.74) is 9.17. The number of benzene rings is 1. The molecule has 0 aromatic heterocycles. The van der Waals surface area contributed by atoms with Gasteiger partial charge in [-0.05, 0) is 24.1 Å². The molecule has 134 valence electrons. The second-order valence-corrected chi connectivity index (χ2v) is 7.30. The molecule has 2 N–H and O–H groups in total. The highest BCUT2D eigenvalue weighted by atomic mass is 32.2. The molecule has 10 heteroatoms. The van der Waals surface area contributed by atoms with E-state index in [4.69, 9.17) is 5.53 Å². The van der Waals surface area contributed by atoms with Crippen LogP contribution in [0.4, 0.5) is 0 Å². The van der Waals surface area contributed by atoms with E-state index >= 15 is 0 Å². The molecular formula is C16H15N5O4S. The number of hydrogen-bond donors (Lipinski definition) is 2. The number of azide groups is 1. The van der Waals surface area contributed by atoms with Crippen LogP contribution in [0.1, 0.15) is 18.5 Å². The lowest BCUT2D eigenvalue weighted by molar-refractivity contribution is -0.150. The Morgan fingerprint density at radius 2 is 2.08 bits per heavy atom. The van der Waals surface area contributed by atoms with Gasteiger partial charge in [0.05, 0.1) is 0 Å². The minimum Gasteiger partial charge on any atom is -0.477 e. The SMILES string of the molecule is CC1C=C(C(=O)O)N2C(=O)C(NC(=O)C(N=[N+]=[N-])c3ccccc3)[C@H]2S1. The fourth-order valence-electron chi connectivity index (χ4n) is 2.92. The van der Waals surface area contributed by atoms with E-state index in [9.17, 15) is 19.5 Å². The Hall–Kier alpha value is -2.97. The normalized spacial score (nSPS) is 25.1. The summed E-state index contributed by atoms with van der Waals surface area (Å²) in [7, 11) is 0. The molecule has 1 aromatic carbocycles. The zero-order chi connectivity index (χ0) is 18.8. The van der Waals surface area contributed by atoms with Gasteiger partial charge >= 0.3 is 5.97 Å². The van der Waals surface area contributed by atoms with Crippen molar-refractivity contribution in [3.63, 3.8) is 0 Å². The number of carboxylic acid groups (broad SMARTS) is 1. The van der Waals surface area contributed by atoms with Gasteiger partial charge in [-0.1, -0.05) is 35.4 Å². The van der Waals surface area contributed by atoms with Crippen molar-refractivity contribution < 1.29 is 19.5 Å². The number of carbonyl (C=O) groups excluding carboxylic acids is 2. The van der Waals surface area contributed by atoms with Crippen LogP contribution < -0.4 is 5.32 Å². The molecule has 26 heavy (non-hydrogen) atoms. The first kappa shape index (κ1) is 17.8. The van der Waals surface area contributed by atoms with Gasteiger partial charge in [0, 0.05) is 10.2 Å². The average Bonchev–Trinajstić information content (AvgIpc) is 2.63. The first-order chi connectivity index (χ1) is 12.4. The van der Waals surface area contributed by atoms with Crippen molar-refractivity contribution in [3.8, 4) is 0 Å². The summed E-state index contributed by atoms with van der Waals surface area (Å²) in [6.45, 7) is 1.82. The summed E-state index contributed by atoms with van der Waals surface area (Å²) in [5, 5.41) is 14.8. The van der Waals surface area contributed by atoms with E-state index in [-0.39, 0.29) is 10.9 Å². The molecule has 4 atom stereocenters. The van der Waals surface area contributed by atoms with Crippen LogP contribution in [0.25, 0.3) is 10.4 Å². The summed E-state index contributed by atoms with van der Waals surface area (Å²) >= 11 is 1.38. The van der Waals surface area contributed by atoms with Gasteiger partial charge < -0.3 is 10.4 Å². The molecule has 1 fully saturated rings. The molecular weight excluding hydrogens is 358 g/mol. The summed E-state index contributed by atoms with van der Waals surface area (Å²) in [5.74, 6) is -2.28. The van der Waals surface area contributed by atoms with Crippen LogP contribution in [-0.4, -0.2) is 44.5 Å². The number of thioether (sulfide) groups is 1. The molecule has 2 heterocycles. The molecule has 3 unspecified atom stereocenters. The summed E-state index contributed by atoms with van der Waals surface area (Å²) in [6.07, 6.45) is 1.51. The van der Waals surface area contributed by atoms with Crippen molar-refractivity contribution >= 4 is 29.5 Å². The topological polar surface area (TPSA) is 135 Å². The third-order valence-corrected chi connectivity index (χ3v) is 5.42. The van der Waals surface area contributed by atoms with Gasteiger partial charge in [0.15, 0.2) is 0 Å². The van der Waals surface area contributed by atoms with Crippen LogP contribution in [0, 0.1) is 0 Å². The van der Waals surface area contributed by atoms with Crippen molar-refractivity contribution in [2.24, 2.45) is 5.11 Å². The van der Waals surface area contributed by atoms with Gasteiger partial charge in [0.25, 0.3) is 5.91 Å². The van der Waals surface area contributed by atoms with Crippen LogP contribution in [0.5, 0.6) is 0 Å². The maximum atomic E-state index is 12.6. The van der Waals surface area contributed by atoms with Crippen molar-refractivity contribution in [2.75, 3.05) is 0 Å². The number of β-lactam (4-membered cyclic amide) rings is 1. The highest BCUT2D eigenvalue weighted by Gasteiger charge is 2.54. The van der Waals surface area contributed by atoms with E-state index in [2.05, 4.69) is 15.3 Å². The molecule has 2 aliphatic rings. The Balaban J connectivity index is 1.78. The number of fused-ring (bicyclic) bond motifs is 1. The lowest BCUT2D eigenvalue weighted by Gasteiger charge is -2.49. The van der Waals surface area contributed by atoms with E-state index in [1.54, 1.807) is 30.3 Å². The molecule has 1 saturated heterocycles. The van der Waals surface area contributed by atoms with Crippen LogP contribution in [0.15, 0.2) is 47.2 Å². The first-order valence-electron chi connectivity index (χ1n) is 7.77. The highest BCUT2D eigenvalue weighted by molar-refractivity contribution is 8.00. The van der Waals surface area contributed by atoms with Crippen molar-refractivity contribution in [2.45, 2.75) is 29.6 Å². The molecule has 0 saturated carbocycles. The number of carbonyl (C=O) groups is 3. The smallest absolute Gasteiger partial charge is 0.352 e. The second-order valence-electron chi connectivity index (χ2n) is 5.80. The summed E-state index contributed by atoms with van der Waals surface area (Å²) < 4.78 is 0. The number of amides is 2. The molecule has 2 amide bonds. The summed E-state index contributed by atoms with van der Waals surface area (Å²) in [6, 6.07) is 6.51. The van der Waals surface area contributed by atoms with Crippen LogP contribution >= 0.6 is 11.8 Å². The minimum atomic E-state index is -1.18. The van der Waals surface area contributed by atoms with E-state index < -0.39 is 35.2 Å². The van der Waals surface area contributed by atoms with Crippen molar-refractivity contribution in [1.29, 1.82) is 0 Å². The lowest BCUT2D eigenvalue weighted by Crippen LogP contribution is -2.70. The quantitative estimate of drug-likeness (QED) is 0.351. The van der Waals surface area contributed by atoms with Gasteiger partial charge in [-0.3, -0.25) is 14.5 Å². The van der Waals surface area contributed by atoms with E-state index in [0.29, 0.717) is 5.56 Å². The number of aliphatic carboxylic acids is 1. The van der Waals surface area contributed by atoms with Crippen molar-refractivity contribution in [1.82, 2.24) is 10.2 Å². The Bertz CT molecular complexity index is 836. The van der Waals surface area contributed by atoms with E-state index in [0.717, 1.165) is 0 Å². The number of nitrogens with zero attached hydrogens (tertiary/aromatic N) is 4. The third kappa shape index (κ3) is 3.12. The van der Waals surface area contributed by atoms with Crippen LogP contribution in [0.2, 0.25) is 0 Å². The Morgan fingerprint density at radius 3 is 2.69 bits per heavy atom. The maximum Gasteiger partial charge on any atom is 0.352 e. The Kier molecular flexibility index (Phi) is 4.88. The van der Waals surface area contributed by atoms with Gasteiger partial charge in [0.1, 0.15) is 23.2 Å². The highest BCUT2D eigenvalue weighted by Crippen LogP contribution is 2.40. The van der Waals surface area contributed by atoms with Crippen LogP contribution in [-0.2, 0) is 14.4 Å². The fraction of sp³-hybridized carbons (Fsp3) is 0.312. The van der Waals surface area contributed by atoms with Crippen LogP contribution in [0.3, 0.4) is 0 Å². The number of hydrogen-bond acceptors (Lipinski definition) is 5. The van der Waals surface area contributed by atoms with Gasteiger partial charge in [0.2, 0.25) is 5.91 Å². The molecule has 0 aliphatic carbocycles. The van der Waals surface area contributed by atoms with Crippen molar-refractivity contribution in [3.05, 3.63) is 58.1 Å². The summed E-state index contributed by atoms with van der Waals surface area (Å²) in [4.78, 5) is 40.1. The first-order valence-corrected chi connectivity index (χ1v) is 8.71. The lowest BCUT2D eigenvalue weighted by atomic mass is 10.0. The Morgan fingerprint density at radius 1 is 1.38 bits per heavy atom. The number of carboxylic acids is 1. The van der Waals surface area contributed by atoms with E-state index in [1.807, 2.05) is 6.92 Å². The largest absolute Gasteiger partial charge is 0.477 e. The third-order valence-electron chi connectivity index (χ3n) is 4.10. The van der Waals surface area contributed by atoms with Gasteiger partial charge in [-0.2, -0.15) is 0 Å². The average molecular weight is 373 g/mol. The fourth-order valence-corrected chi connectivity index (χ4v) is 4.25. The number of nitrogens with one attached hydrogen (secondary N) is 1. The number of rotatable bonds is 5. The molecule has 0 radical (unpaired) electrons. The molecule has 3 rings (SSSR count). The molecule has 0 bridgehead atoms. The molecule has 9 nitrogen and oxygen atoms in total. The predicted molar refractivity (Wildman–Crippen MR) is 93.7 cm³/mol. The molecule has 1 aromatic rings. The molecule has 0 spiro atoms. The zero-order valence-corrected chi connectivity index (χ0v) is 14.5. The zero-order valence-electron chi connectivity index (χ0n) is 13.6. The predicted octanol–water partition coefficient (Wildman–Crippen LogP) is 1.79. The van der Waals surface area contributed by atoms with E-state index in [1.165, 1.54) is 22.7 Å². The monoisotopic (exact) mass is 373 g/mol. The Labute approximate surface area is 152 Å².